The van der Waals surface area contributed by atoms with E-state index in [2.05, 4.69) is 23.6 Å². The minimum absolute atomic E-state index is 0.223. The van der Waals surface area contributed by atoms with E-state index in [1.54, 1.807) is 13.2 Å². The van der Waals surface area contributed by atoms with Crippen molar-refractivity contribution in [2.24, 2.45) is 5.92 Å². The fourth-order valence-corrected chi connectivity index (χ4v) is 3.34. The third-order valence-electron chi connectivity index (χ3n) is 4.84. The fourth-order valence-electron chi connectivity index (χ4n) is 3.34. The zero-order valence-electron chi connectivity index (χ0n) is 15.2. The molecular weight excluding hydrogens is 304 g/mol. The molecule has 1 heterocycles. The normalized spacial score (nSPS) is 19.8. The van der Waals surface area contributed by atoms with Crippen molar-refractivity contribution >= 4 is 0 Å². The molecule has 1 aromatic carbocycles. The summed E-state index contributed by atoms with van der Waals surface area (Å²) in [5.41, 5.74) is 0.896. The zero-order valence-corrected chi connectivity index (χ0v) is 15.2. The molecule has 5 nitrogen and oxygen atoms in total. The number of phenolic OH excluding ortho intramolecular Hbond substituents is 1. The SMILES string of the molecule is COc1cccc(CN2CCN(CCC(C)C)[C@H](CCO)C2)c1O. The quantitative estimate of drug-likeness (QED) is 0.763. The van der Waals surface area contributed by atoms with Gasteiger partial charge in [0.05, 0.1) is 7.11 Å². The van der Waals surface area contributed by atoms with Crippen LogP contribution in [-0.2, 0) is 6.54 Å². The highest BCUT2D eigenvalue weighted by molar-refractivity contribution is 5.45. The molecule has 1 fully saturated rings. The number of benzene rings is 1. The summed E-state index contributed by atoms with van der Waals surface area (Å²) in [7, 11) is 1.57. The van der Waals surface area contributed by atoms with E-state index in [1.165, 1.54) is 6.42 Å². The van der Waals surface area contributed by atoms with Crippen molar-refractivity contribution in [3.63, 3.8) is 0 Å². The van der Waals surface area contributed by atoms with Crippen molar-refractivity contribution in [3.05, 3.63) is 23.8 Å². The van der Waals surface area contributed by atoms with E-state index in [-0.39, 0.29) is 12.4 Å². The zero-order chi connectivity index (χ0) is 17.5. The lowest BCUT2D eigenvalue weighted by atomic mass is 10.0. The Morgan fingerprint density at radius 2 is 2.08 bits per heavy atom. The molecule has 0 radical (unpaired) electrons. The number of hydrogen-bond donors (Lipinski definition) is 2. The molecule has 0 bridgehead atoms. The first-order chi connectivity index (χ1) is 11.5. The van der Waals surface area contributed by atoms with Crippen LogP contribution in [0.5, 0.6) is 11.5 Å². The summed E-state index contributed by atoms with van der Waals surface area (Å²) in [5.74, 6) is 1.46. The number of aromatic hydroxyl groups is 1. The minimum atomic E-state index is 0.223. The molecule has 5 heteroatoms. The smallest absolute Gasteiger partial charge is 0.162 e. The number of nitrogens with zero attached hydrogens (tertiary/aromatic N) is 2. The maximum absolute atomic E-state index is 10.3. The van der Waals surface area contributed by atoms with Crippen LogP contribution < -0.4 is 4.74 Å². The molecule has 0 saturated carbocycles. The summed E-state index contributed by atoms with van der Waals surface area (Å²) in [6.45, 7) is 9.46. The van der Waals surface area contributed by atoms with Crippen molar-refractivity contribution in [3.8, 4) is 11.5 Å². The van der Waals surface area contributed by atoms with Crippen molar-refractivity contribution in [1.82, 2.24) is 9.80 Å². The number of methoxy groups -OCH3 is 1. The summed E-state index contributed by atoms with van der Waals surface area (Å²) in [5, 5.41) is 19.7. The second-order valence-corrected chi connectivity index (χ2v) is 7.09. The van der Waals surface area contributed by atoms with Crippen LogP contribution in [-0.4, -0.2) is 66.0 Å². The van der Waals surface area contributed by atoms with E-state index >= 15 is 0 Å². The van der Waals surface area contributed by atoms with E-state index < -0.39 is 0 Å². The number of hydrogen-bond acceptors (Lipinski definition) is 5. The molecule has 2 rings (SSSR count). The molecule has 24 heavy (non-hydrogen) atoms. The molecule has 136 valence electrons. The Bertz CT molecular complexity index is 507. The molecule has 1 atom stereocenters. The third-order valence-corrected chi connectivity index (χ3v) is 4.84. The van der Waals surface area contributed by atoms with Gasteiger partial charge in [0.15, 0.2) is 11.5 Å². The topological polar surface area (TPSA) is 56.2 Å². The molecule has 0 aromatic heterocycles. The van der Waals surface area contributed by atoms with Gasteiger partial charge in [0, 0.05) is 44.4 Å². The second-order valence-electron chi connectivity index (χ2n) is 7.09. The highest BCUT2D eigenvalue weighted by atomic mass is 16.5. The summed E-state index contributed by atoms with van der Waals surface area (Å²) >= 11 is 0. The van der Waals surface area contributed by atoms with Crippen molar-refractivity contribution in [2.75, 3.05) is 39.9 Å². The Kier molecular flexibility index (Phi) is 7.34. The molecule has 1 aliphatic rings. The largest absolute Gasteiger partial charge is 0.504 e. The monoisotopic (exact) mass is 336 g/mol. The van der Waals surface area contributed by atoms with Gasteiger partial charge in [0.1, 0.15) is 0 Å². The predicted molar refractivity (Wildman–Crippen MR) is 96.5 cm³/mol. The van der Waals surface area contributed by atoms with Gasteiger partial charge in [-0.05, 0) is 31.4 Å². The summed E-state index contributed by atoms with van der Waals surface area (Å²) in [6, 6.07) is 6.02. The van der Waals surface area contributed by atoms with Gasteiger partial charge in [-0.25, -0.2) is 0 Å². The number of aliphatic hydroxyl groups excluding tert-OH is 1. The average Bonchev–Trinajstić information content (AvgIpc) is 2.56. The van der Waals surface area contributed by atoms with Gasteiger partial charge in [0.25, 0.3) is 0 Å². The maximum Gasteiger partial charge on any atom is 0.162 e. The van der Waals surface area contributed by atoms with Crippen LogP contribution in [0, 0.1) is 5.92 Å². The van der Waals surface area contributed by atoms with Crippen LogP contribution in [0.4, 0.5) is 0 Å². The van der Waals surface area contributed by atoms with Gasteiger partial charge >= 0.3 is 0 Å². The van der Waals surface area contributed by atoms with Crippen LogP contribution in [0.3, 0.4) is 0 Å². The number of rotatable bonds is 8. The average molecular weight is 336 g/mol. The lowest BCUT2D eigenvalue weighted by Crippen LogP contribution is -2.53. The second kappa shape index (κ2) is 9.25. The van der Waals surface area contributed by atoms with Gasteiger partial charge in [-0.3, -0.25) is 9.80 Å². The highest BCUT2D eigenvalue weighted by Gasteiger charge is 2.27. The van der Waals surface area contributed by atoms with E-state index in [0.29, 0.717) is 24.3 Å². The van der Waals surface area contributed by atoms with Gasteiger partial charge in [-0.15, -0.1) is 0 Å². The van der Waals surface area contributed by atoms with Crippen molar-refractivity contribution < 1.29 is 14.9 Å². The predicted octanol–water partition coefficient (Wildman–Crippen LogP) is 2.32. The van der Waals surface area contributed by atoms with E-state index in [0.717, 1.165) is 38.2 Å². The molecule has 0 unspecified atom stereocenters. The molecule has 0 aliphatic carbocycles. The van der Waals surface area contributed by atoms with Crippen LogP contribution >= 0.6 is 0 Å². The highest BCUT2D eigenvalue weighted by Crippen LogP contribution is 2.30. The number of aliphatic hydroxyl groups is 1. The van der Waals surface area contributed by atoms with Crippen LogP contribution in [0.1, 0.15) is 32.3 Å². The Morgan fingerprint density at radius 1 is 1.29 bits per heavy atom. The standard InChI is InChI=1S/C19H32N2O3/c1-15(2)7-9-21-11-10-20(14-17(21)8-12-22)13-16-5-4-6-18(24-3)19(16)23/h4-6,15,17,22-23H,7-14H2,1-3H3/t17-/m1/s1. The van der Waals surface area contributed by atoms with Crippen molar-refractivity contribution in [1.29, 1.82) is 0 Å². The minimum Gasteiger partial charge on any atom is -0.504 e. The van der Waals surface area contributed by atoms with Gasteiger partial charge in [-0.1, -0.05) is 26.0 Å². The van der Waals surface area contributed by atoms with Crippen molar-refractivity contribution in [2.45, 2.75) is 39.3 Å². The molecule has 1 aliphatic heterocycles. The molecule has 1 saturated heterocycles. The maximum atomic E-state index is 10.3. The van der Waals surface area contributed by atoms with Gasteiger partial charge in [-0.2, -0.15) is 0 Å². The van der Waals surface area contributed by atoms with Crippen LogP contribution in [0.2, 0.25) is 0 Å². The fraction of sp³-hybridized carbons (Fsp3) is 0.684. The molecule has 2 N–H and O–H groups in total. The number of ether oxygens (including phenoxy) is 1. The Balaban J connectivity index is 1.98. The van der Waals surface area contributed by atoms with Gasteiger partial charge < -0.3 is 14.9 Å². The summed E-state index contributed by atoms with van der Waals surface area (Å²) in [6.07, 6.45) is 2.00. The number of piperazine rings is 1. The van der Waals surface area contributed by atoms with E-state index in [1.807, 2.05) is 12.1 Å². The number of phenols is 1. The molecular formula is C19H32N2O3. The van der Waals surface area contributed by atoms with E-state index in [4.69, 9.17) is 4.74 Å². The summed E-state index contributed by atoms with van der Waals surface area (Å²) in [4.78, 5) is 4.87. The third kappa shape index (κ3) is 5.10. The number of para-hydroxylation sites is 1. The Labute approximate surface area is 145 Å². The lowest BCUT2D eigenvalue weighted by molar-refractivity contribution is 0.0520. The first kappa shape index (κ1) is 19.0. The molecule has 0 spiro atoms. The van der Waals surface area contributed by atoms with Gasteiger partial charge in [0.2, 0.25) is 0 Å². The molecule has 1 aromatic rings. The first-order valence-corrected chi connectivity index (χ1v) is 8.97. The van der Waals surface area contributed by atoms with Crippen LogP contribution in [0.25, 0.3) is 0 Å². The lowest BCUT2D eigenvalue weighted by Gasteiger charge is -2.41. The Morgan fingerprint density at radius 3 is 2.75 bits per heavy atom. The van der Waals surface area contributed by atoms with Crippen LogP contribution in [0.15, 0.2) is 18.2 Å². The first-order valence-electron chi connectivity index (χ1n) is 8.97. The molecule has 0 amide bonds. The summed E-state index contributed by atoms with van der Waals surface area (Å²) < 4.78 is 5.20. The van der Waals surface area contributed by atoms with E-state index in [9.17, 15) is 10.2 Å². The Hall–Kier alpha value is -1.30.